The number of aliphatic carboxylic acids is 2. The number of hydrogen-bond acceptors (Lipinski definition) is 10. The van der Waals surface area contributed by atoms with Crippen LogP contribution in [0.25, 0.3) is 10.6 Å². The van der Waals surface area contributed by atoms with Gasteiger partial charge in [-0.1, -0.05) is 155 Å². The molecule has 4 N–H and O–H groups in total. The number of carboxylic acids is 2. The fourth-order valence-electron chi connectivity index (χ4n) is 9.79. The summed E-state index contributed by atoms with van der Waals surface area (Å²) in [5.41, 5.74) is 8.92. The second-order valence-electron chi connectivity index (χ2n) is 20.2. The van der Waals surface area contributed by atoms with Crippen LogP contribution in [0.3, 0.4) is 0 Å². The summed E-state index contributed by atoms with van der Waals surface area (Å²) in [6.45, 7) is 6.20. The number of hydrogen-bond donors (Lipinski definition) is 4. The summed E-state index contributed by atoms with van der Waals surface area (Å²) in [5.74, 6) is -3.20. The molecular formula is C61H59Cl6N7Ni2O7S-2. The molecule has 2 saturated heterocycles. The summed E-state index contributed by atoms with van der Waals surface area (Å²) in [6.07, 6.45) is 2.89. The number of halogens is 6. The predicted octanol–water partition coefficient (Wildman–Crippen LogP) is 14.6. The van der Waals surface area contributed by atoms with Gasteiger partial charge in [-0.25, -0.2) is 9.59 Å². The molecule has 0 radical (unpaired) electrons. The number of carbonyl (C=O) groups is 5. The normalized spacial score (nSPS) is 17.8. The molecule has 2 aliphatic heterocycles. The molecule has 2 aliphatic rings. The van der Waals surface area contributed by atoms with Crippen molar-refractivity contribution in [3.05, 3.63) is 208 Å². The maximum atomic E-state index is 13.9. The molecule has 0 bridgehead atoms. The summed E-state index contributed by atoms with van der Waals surface area (Å²) in [4.78, 5) is 76.6. The van der Waals surface area contributed by atoms with Gasteiger partial charge in [0.1, 0.15) is 12.1 Å². The minimum Gasteiger partial charge on any atom is -0.625 e. The number of thiol groups is 1. The van der Waals surface area contributed by atoms with E-state index >= 15 is 0 Å². The van der Waals surface area contributed by atoms with Crippen molar-refractivity contribution in [3.8, 4) is 0 Å². The fraction of sp³-hybridized carbons (Fsp3) is 0.295. The van der Waals surface area contributed by atoms with Crippen molar-refractivity contribution >= 4 is 135 Å². The zero-order valence-corrected chi connectivity index (χ0v) is 52.8. The van der Waals surface area contributed by atoms with Gasteiger partial charge in [0, 0.05) is 73.7 Å². The molecule has 4 atom stereocenters. The average molecular weight is 1360 g/mol. The number of nitrogens with zero attached hydrogens (tertiary/aromatic N) is 6. The topological polar surface area (TPSA) is 211 Å². The second kappa shape index (κ2) is 32.1. The van der Waals surface area contributed by atoms with Crippen LogP contribution >= 0.6 is 82.2 Å². The number of aliphatic imine (C=N–C) groups is 2. The molecule has 2 fully saturated rings. The van der Waals surface area contributed by atoms with Gasteiger partial charge in [-0.3, -0.25) is 24.6 Å². The van der Waals surface area contributed by atoms with Crippen molar-refractivity contribution in [1.82, 2.24) is 9.80 Å². The number of primary amides is 1. The third-order valence-corrected chi connectivity index (χ3v) is 16.6. The van der Waals surface area contributed by atoms with Gasteiger partial charge in [-0.2, -0.15) is 12.6 Å². The van der Waals surface area contributed by atoms with Gasteiger partial charge >= 0.3 is 11.9 Å². The standard InChI is InChI=1S/C31H31Cl3N4O4.C30H30Cl3N3O3S.2Ni/c1-31(14-5-15-38(31)18-19-8-10-23(33)24(34)16-19)30(42)37-25-11-9-21(32)17-22(25)28(20-6-3-2-4-7-20)36-26(29(40)41)12-13-27(35)39;1-30(13-5-14-36(30)18-19-8-10-23(32)24(33)16-19)29(39)35-25-11-9-21(31)17-22(25)27(20-6-3-2-4-7-20)34-26(12-15-40)28(37)38;;/h2-4,6-11,16-17,26H,5,12-15,18H2,1H3,(H4,35,36,37,39,40,41,42);2-4,6-11,16-17,26H,5,12-15,18H2,1H3,(H3,34,35,37,38,39,40);;/p-2/t26-,31+;26-,30+;;/m11../s1. The maximum absolute atomic E-state index is 13.9. The van der Waals surface area contributed by atoms with Gasteiger partial charge < -0.3 is 36.2 Å². The molecule has 3 amide bonds. The van der Waals surface area contributed by atoms with Crippen LogP contribution in [-0.4, -0.2) is 103 Å². The van der Waals surface area contributed by atoms with Crippen LogP contribution in [-0.2, 0) is 70.0 Å². The van der Waals surface area contributed by atoms with Crippen molar-refractivity contribution in [1.29, 1.82) is 0 Å². The van der Waals surface area contributed by atoms with Crippen LogP contribution in [0, 0.1) is 0 Å². The Morgan fingerprint density at radius 1 is 0.571 bits per heavy atom. The molecular weight excluding hydrogens is 1300 g/mol. The molecule has 8 rings (SSSR count). The third-order valence-electron chi connectivity index (χ3n) is 14.4. The van der Waals surface area contributed by atoms with Crippen molar-refractivity contribution in [3.63, 3.8) is 0 Å². The second-order valence-corrected chi connectivity index (χ2v) is 23.1. The first-order valence-corrected chi connectivity index (χ1v) is 29.1. The van der Waals surface area contributed by atoms with Crippen molar-refractivity contribution in [2.45, 2.75) is 95.0 Å². The van der Waals surface area contributed by atoms with E-state index in [0.29, 0.717) is 108 Å². The number of carboxylic acid groups (broad SMARTS) is 2. The predicted molar refractivity (Wildman–Crippen MR) is 332 cm³/mol. The minimum atomic E-state index is -1.26. The Morgan fingerprint density at radius 3 is 1.32 bits per heavy atom. The fourth-order valence-corrected chi connectivity index (χ4v) is 11.0. The Morgan fingerprint density at radius 2 is 0.964 bits per heavy atom. The molecule has 0 aromatic heterocycles. The molecule has 6 aromatic carbocycles. The Bertz CT molecular complexity index is 3390. The number of nitrogens with two attached hydrogens (primary N) is 1. The molecule has 14 nitrogen and oxygen atoms in total. The van der Waals surface area contributed by atoms with E-state index in [4.69, 9.17) is 75.3 Å². The zero-order chi connectivity index (χ0) is 59.3. The van der Waals surface area contributed by atoms with E-state index in [9.17, 15) is 34.2 Å². The Labute approximate surface area is 544 Å². The third kappa shape index (κ3) is 18.0. The number of benzene rings is 6. The summed E-state index contributed by atoms with van der Waals surface area (Å²) >= 11 is 41.6. The summed E-state index contributed by atoms with van der Waals surface area (Å²) in [7, 11) is 0. The number of rotatable bonds is 21. The number of likely N-dealkylation sites (tertiary alicyclic amines) is 2. The van der Waals surface area contributed by atoms with E-state index < -0.39 is 41.0 Å². The first-order chi connectivity index (χ1) is 39.1. The Balaban J connectivity index is 0.000000300. The van der Waals surface area contributed by atoms with Crippen molar-refractivity contribution in [2.24, 2.45) is 15.7 Å². The smallest absolute Gasteiger partial charge is 0.328 e. The maximum Gasteiger partial charge on any atom is 0.328 e. The van der Waals surface area contributed by atoms with Gasteiger partial charge in [0.25, 0.3) is 0 Å². The zero-order valence-electron chi connectivity index (χ0n) is 45.4. The van der Waals surface area contributed by atoms with Crippen LogP contribution in [0.5, 0.6) is 0 Å². The average Bonchev–Trinajstić information content (AvgIpc) is 3.71. The van der Waals surface area contributed by atoms with Crippen LogP contribution in [0.1, 0.15) is 92.2 Å². The Hall–Kier alpha value is -4.99. The molecule has 0 saturated carbocycles. The molecule has 0 aliphatic carbocycles. The number of carbonyl (C=O) groups excluding carboxylic acids is 3. The molecule has 0 unspecified atom stereocenters. The van der Waals surface area contributed by atoms with Crippen LogP contribution < -0.4 is 5.73 Å². The molecule has 84 heavy (non-hydrogen) atoms. The first kappa shape index (κ1) is 69.8. The summed E-state index contributed by atoms with van der Waals surface area (Å²) < 4.78 is 0. The monoisotopic (exact) mass is 1360 g/mol. The van der Waals surface area contributed by atoms with Gasteiger partial charge in [0.2, 0.25) is 5.91 Å². The van der Waals surface area contributed by atoms with E-state index in [1.54, 1.807) is 78.9 Å². The van der Waals surface area contributed by atoms with Crippen molar-refractivity contribution < 1.29 is 67.2 Å². The molecule has 23 heteroatoms. The minimum absolute atomic E-state index is 0. The van der Waals surface area contributed by atoms with Crippen LogP contribution in [0.15, 0.2) is 143 Å². The van der Waals surface area contributed by atoms with Crippen LogP contribution in [0.4, 0.5) is 11.4 Å². The van der Waals surface area contributed by atoms with Crippen LogP contribution in [0.2, 0.25) is 30.1 Å². The molecule has 2 heterocycles. The van der Waals surface area contributed by atoms with E-state index in [2.05, 4.69) is 43.0 Å². The van der Waals surface area contributed by atoms with Crippen molar-refractivity contribution in [2.75, 3.05) is 18.8 Å². The van der Waals surface area contributed by atoms with E-state index in [0.717, 1.165) is 30.5 Å². The summed E-state index contributed by atoms with van der Waals surface area (Å²) in [5, 5.41) is 31.5. The SMILES string of the molecule is C[C@@]1(C(=O)[N-]c2ccc(Cl)cc2C(=N[C@H](CCC(N)=O)C(=O)O)c2ccccc2)CCCN1Cc1ccc(Cl)c(Cl)c1.C[C@@]1(C(=O)[N-]c2ccc(Cl)cc2C(=N[C@H](CCS)C(=O)O)c2ccccc2)CCCN1Cc1ccc(Cl)c(Cl)c1.[Ni].[Ni]. The molecule has 6 aromatic rings. The van der Waals surface area contributed by atoms with E-state index in [-0.39, 0.29) is 69.8 Å². The van der Waals surface area contributed by atoms with Gasteiger partial charge in [-0.05, 0) is 142 Å². The summed E-state index contributed by atoms with van der Waals surface area (Å²) in [6, 6.07) is 36.6. The molecule has 0 spiro atoms. The molecule has 450 valence electrons. The first-order valence-electron chi connectivity index (χ1n) is 26.2. The number of amides is 3. The van der Waals surface area contributed by atoms with Gasteiger partial charge in [0.15, 0.2) is 0 Å². The van der Waals surface area contributed by atoms with E-state index in [1.807, 2.05) is 68.4 Å². The quantitative estimate of drug-likeness (QED) is 0.0306. The Kier molecular flexibility index (Phi) is 26.7. The van der Waals surface area contributed by atoms with Gasteiger partial charge in [-0.15, -0.1) is 11.4 Å². The van der Waals surface area contributed by atoms with Gasteiger partial charge in [0.05, 0.1) is 54.4 Å². The van der Waals surface area contributed by atoms with E-state index in [1.165, 1.54) is 0 Å². The largest absolute Gasteiger partial charge is 0.625 e.